The average Bonchev–Trinajstić information content (AvgIpc) is 2.78. The maximum atomic E-state index is 6.15. The third-order valence-electron chi connectivity index (χ3n) is 4.47. The van der Waals surface area contributed by atoms with Gasteiger partial charge in [0.05, 0.1) is 0 Å². The van der Waals surface area contributed by atoms with Gasteiger partial charge in [-0.1, -0.05) is 18.2 Å². The highest BCUT2D eigenvalue weighted by atomic mass is 16.5. The molecule has 2 aromatic rings. The molecule has 0 saturated carbocycles. The number of para-hydroxylation sites is 1. The van der Waals surface area contributed by atoms with E-state index in [-0.39, 0.29) is 0 Å². The first kappa shape index (κ1) is 11.8. The summed E-state index contributed by atoms with van der Waals surface area (Å²) in [5, 5.41) is 0. The lowest BCUT2D eigenvalue weighted by Crippen LogP contribution is -2.14. The summed E-state index contributed by atoms with van der Waals surface area (Å²) in [5.74, 6) is 2.89. The Hall–Kier alpha value is -2.00. The van der Waals surface area contributed by atoms with E-state index in [4.69, 9.17) is 10.5 Å². The number of hydrogen-bond donors (Lipinski definition) is 1. The molecule has 2 aromatic carbocycles. The van der Waals surface area contributed by atoms with Crippen molar-refractivity contribution in [2.75, 3.05) is 25.9 Å². The van der Waals surface area contributed by atoms with Gasteiger partial charge in [-0.05, 0) is 36.9 Å². The molecule has 2 aliphatic rings. The second-order valence-electron chi connectivity index (χ2n) is 5.87. The van der Waals surface area contributed by atoms with Crippen LogP contribution in [-0.2, 0) is 0 Å². The first-order valence-electron chi connectivity index (χ1n) is 7.07. The summed E-state index contributed by atoms with van der Waals surface area (Å²) in [6.07, 6.45) is 0. The minimum atomic E-state index is 0.460. The fourth-order valence-corrected chi connectivity index (χ4v) is 3.58. The number of ether oxygens (including phenoxy) is 1. The van der Waals surface area contributed by atoms with Crippen molar-refractivity contribution in [3.8, 4) is 11.5 Å². The van der Waals surface area contributed by atoms with E-state index >= 15 is 0 Å². The lowest BCUT2D eigenvalue weighted by Gasteiger charge is -2.17. The van der Waals surface area contributed by atoms with Crippen LogP contribution in [0.4, 0.5) is 5.69 Å². The van der Waals surface area contributed by atoms with Gasteiger partial charge in [0.2, 0.25) is 0 Å². The van der Waals surface area contributed by atoms with Crippen LogP contribution < -0.4 is 10.5 Å². The summed E-state index contributed by atoms with van der Waals surface area (Å²) in [6.45, 7) is 2.12. The molecule has 4 rings (SSSR count). The summed E-state index contributed by atoms with van der Waals surface area (Å²) < 4.78 is 6.15. The molecule has 1 fully saturated rings. The highest BCUT2D eigenvalue weighted by Crippen LogP contribution is 2.49. The first-order valence-corrected chi connectivity index (χ1v) is 7.07. The van der Waals surface area contributed by atoms with Crippen molar-refractivity contribution < 1.29 is 4.74 Å². The third-order valence-corrected chi connectivity index (χ3v) is 4.47. The Bertz CT molecular complexity index is 668. The Morgan fingerprint density at radius 1 is 1.00 bits per heavy atom. The number of fused-ring (bicyclic) bond motifs is 5. The normalized spacial score (nSPS) is 24.2. The molecule has 0 bridgehead atoms. The Morgan fingerprint density at radius 3 is 2.55 bits per heavy atom. The molecule has 0 aliphatic carbocycles. The highest BCUT2D eigenvalue weighted by Gasteiger charge is 2.38. The Morgan fingerprint density at radius 2 is 1.70 bits per heavy atom. The molecule has 3 heteroatoms. The second-order valence-corrected chi connectivity index (χ2v) is 5.87. The number of nitrogen functional groups attached to an aromatic ring is 1. The second kappa shape index (κ2) is 4.25. The van der Waals surface area contributed by atoms with Crippen LogP contribution in [0.3, 0.4) is 0 Å². The zero-order chi connectivity index (χ0) is 13.7. The standard InChI is InChI=1S/C17H18N2O/c1-19-9-14-12-4-2-3-5-16(12)20-17-7-6-11(18)8-13(17)15(14)10-19/h2-8,14-15H,9-10,18H2,1H3/t14-,15-/m1/s1. The van der Waals surface area contributed by atoms with Gasteiger partial charge >= 0.3 is 0 Å². The summed E-state index contributed by atoms with van der Waals surface area (Å²) in [7, 11) is 2.18. The first-order chi connectivity index (χ1) is 9.72. The highest BCUT2D eigenvalue weighted by molar-refractivity contribution is 5.55. The van der Waals surface area contributed by atoms with Crippen LogP contribution in [-0.4, -0.2) is 25.0 Å². The zero-order valence-electron chi connectivity index (χ0n) is 11.5. The van der Waals surface area contributed by atoms with Crippen molar-refractivity contribution >= 4 is 5.69 Å². The van der Waals surface area contributed by atoms with E-state index in [0.29, 0.717) is 11.8 Å². The molecular weight excluding hydrogens is 248 g/mol. The predicted octanol–water partition coefficient (Wildman–Crippen LogP) is 3.19. The molecule has 0 spiro atoms. The number of likely N-dealkylation sites (N-methyl/N-ethyl adjacent to an activating group) is 1. The van der Waals surface area contributed by atoms with E-state index in [1.54, 1.807) is 0 Å². The quantitative estimate of drug-likeness (QED) is 0.744. The lowest BCUT2D eigenvalue weighted by molar-refractivity contribution is 0.401. The van der Waals surface area contributed by atoms with Gasteiger partial charge in [-0.2, -0.15) is 0 Å². The Labute approximate surface area is 119 Å². The monoisotopic (exact) mass is 266 g/mol. The van der Waals surface area contributed by atoms with Gasteiger partial charge < -0.3 is 15.4 Å². The van der Waals surface area contributed by atoms with Gasteiger partial charge in [0.15, 0.2) is 0 Å². The van der Waals surface area contributed by atoms with Gasteiger partial charge in [0.25, 0.3) is 0 Å². The summed E-state index contributed by atoms with van der Waals surface area (Å²) in [4.78, 5) is 2.39. The van der Waals surface area contributed by atoms with Crippen LogP contribution in [0.25, 0.3) is 0 Å². The number of nitrogens with two attached hydrogens (primary N) is 1. The number of likely N-dealkylation sites (tertiary alicyclic amines) is 1. The van der Waals surface area contributed by atoms with Crippen LogP contribution in [0, 0.1) is 0 Å². The zero-order valence-corrected chi connectivity index (χ0v) is 11.5. The van der Waals surface area contributed by atoms with Gasteiger partial charge in [0.1, 0.15) is 11.5 Å². The van der Waals surface area contributed by atoms with Crippen molar-refractivity contribution in [2.24, 2.45) is 0 Å². The van der Waals surface area contributed by atoms with Crippen LogP contribution in [0.15, 0.2) is 42.5 Å². The van der Waals surface area contributed by atoms with Crippen molar-refractivity contribution in [1.29, 1.82) is 0 Å². The third kappa shape index (κ3) is 1.70. The van der Waals surface area contributed by atoms with Gasteiger partial charge in [-0.25, -0.2) is 0 Å². The molecule has 2 N–H and O–H groups in total. The van der Waals surface area contributed by atoms with Crippen molar-refractivity contribution in [3.63, 3.8) is 0 Å². The molecule has 0 unspecified atom stereocenters. The van der Waals surface area contributed by atoms with E-state index in [0.717, 1.165) is 30.3 Å². The maximum absolute atomic E-state index is 6.15. The molecule has 2 heterocycles. The van der Waals surface area contributed by atoms with Crippen LogP contribution in [0.2, 0.25) is 0 Å². The van der Waals surface area contributed by atoms with E-state index in [9.17, 15) is 0 Å². The SMILES string of the molecule is CN1C[C@@H]2c3ccccc3Oc3ccc(N)cc3[C@H]2C1. The minimum Gasteiger partial charge on any atom is -0.457 e. The van der Waals surface area contributed by atoms with Crippen molar-refractivity contribution in [1.82, 2.24) is 4.90 Å². The summed E-state index contributed by atoms with van der Waals surface area (Å²) >= 11 is 0. The predicted molar refractivity (Wildman–Crippen MR) is 80.3 cm³/mol. The number of nitrogens with zero attached hydrogens (tertiary/aromatic N) is 1. The molecule has 1 saturated heterocycles. The van der Waals surface area contributed by atoms with Gasteiger partial charge in [-0.3, -0.25) is 0 Å². The molecular formula is C17H18N2O. The van der Waals surface area contributed by atoms with Gasteiger partial charge in [-0.15, -0.1) is 0 Å². The minimum absolute atomic E-state index is 0.460. The molecule has 20 heavy (non-hydrogen) atoms. The molecule has 0 aromatic heterocycles. The van der Waals surface area contributed by atoms with Crippen LogP contribution in [0.1, 0.15) is 23.0 Å². The average molecular weight is 266 g/mol. The Kier molecular flexibility index (Phi) is 2.51. The maximum Gasteiger partial charge on any atom is 0.131 e. The molecule has 3 nitrogen and oxygen atoms in total. The number of rotatable bonds is 0. The topological polar surface area (TPSA) is 38.5 Å². The van der Waals surface area contributed by atoms with Crippen molar-refractivity contribution in [2.45, 2.75) is 11.8 Å². The smallest absolute Gasteiger partial charge is 0.131 e. The van der Waals surface area contributed by atoms with Crippen molar-refractivity contribution in [3.05, 3.63) is 53.6 Å². The van der Waals surface area contributed by atoms with E-state index < -0.39 is 0 Å². The molecule has 2 aliphatic heterocycles. The van der Waals surface area contributed by atoms with E-state index in [2.05, 4.69) is 36.2 Å². The molecule has 102 valence electrons. The number of hydrogen-bond acceptors (Lipinski definition) is 3. The fraction of sp³-hybridized carbons (Fsp3) is 0.294. The summed E-state index contributed by atoms with van der Waals surface area (Å²) in [5.41, 5.74) is 9.36. The number of benzene rings is 2. The lowest BCUT2D eigenvalue weighted by atomic mass is 9.84. The molecule has 0 amide bonds. The van der Waals surface area contributed by atoms with E-state index in [1.165, 1.54) is 11.1 Å². The number of anilines is 1. The molecule has 2 atom stereocenters. The fourth-order valence-electron chi connectivity index (χ4n) is 3.58. The Balaban J connectivity index is 1.93. The largest absolute Gasteiger partial charge is 0.457 e. The van der Waals surface area contributed by atoms with E-state index in [1.807, 2.05) is 18.2 Å². The van der Waals surface area contributed by atoms with Crippen LogP contribution >= 0.6 is 0 Å². The molecule has 0 radical (unpaired) electrons. The van der Waals surface area contributed by atoms with Gasteiger partial charge in [0, 0.05) is 36.2 Å². The summed E-state index contributed by atoms with van der Waals surface area (Å²) in [6, 6.07) is 14.4. The van der Waals surface area contributed by atoms with Crippen LogP contribution in [0.5, 0.6) is 11.5 Å².